The number of rotatable bonds is 30. The number of hydrogen-bond donors (Lipinski definition) is 2. The van der Waals surface area contributed by atoms with Crippen molar-refractivity contribution in [3.05, 3.63) is 108 Å². The molecule has 14 nitrogen and oxygen atoms in total. The van der Waals surface area contributed by atoms with Crippen LogP contribution < -0.4 is 39.1 Å². The summed E-state index contributed by atoms with van der Waals surface area (Å²) >= 11 is 0. The smallest absolute Gasteiger partial charge is 0.419 e. The SMILES string of the molecule is CCOc1ccccc1OCC(NCCCC(OCC)c1ccc(OC)cc1)OC(=O)C(=O)OC(COc1ccccc1OCC)NCCCC(OCC)c1ccc(OC)cc1. The molecular formula is C48H64N2O12. The van der Waals surface area contributed by atoms with Gasteiger partial charge in [-0.15, -0.1) is 0 Å². The van der Waals surface area contributed by atoms with Gasteiger partial charge < -0.3 is 47.4 Å². The van der Waals surface area contributed by atoms with Crippen LogP contribution >= 0.6 is 0 Å². The van der Waals surface area contributed by atoms with Gasteiger partial charge in [0, 0.05) is 13.2 Å². The zero-order valence-electron chi connectivity index (χ0n) is 36.9. The summed E-state index contributed by atoms with van der Waals surface area (Å²) in [6, 6.07) is 29.9. The van der Waals surface area contributed by atoms with E-state index in [1.807, 2.05) is 100 Å². The fraction of sp³-hybridized carbons (Fsp3) is 0.458. The van der Waals surface area contributed by atoms with Crippen molar-refractivity contribution >= 4 is 11.9 Å². The Labute approximate surface area is 366 Å². The van der Waals surface area contributed by atoms with Crippen LogP contribution in [0.4, 0.5) is 0 Å². The molecule has 62 heavy (non-hydrogen) atoms. The van der Waals surface area contributed by atoms with Gasteiger partial charge in [0.2, 0.25) is 0 Å². The molecule has 0 aliphatic rings. The molecule has 0 aliphatic carbocycles. The standard InChI is InChI=1S/C48H64N2O12/c1-7-55-39(35-23-27-37(53-5)28-24-35)21-15-31-49-45(33-59-43-19-13-11-17-41(43)57-9-3)61-47(51)48(52)62-46(34-60-44-20-14-12-18-42(44)58-10-4)50-32-16-22-40(56-8-2)36-25-29-38(54-6)30-26-36/h11-14,17-20,23-30,39-40,45-46,49-50H,7-10,15-16,21-22,31-34H2,1-6H3. The lowest BCUT2D eigenvalue weighted by Crippen LogP contribution is -2.44. The molecule has 4 atom stereocenters. The van der Waals surface area contributed by atoms with E-state index in [0.717, 1.165) is 22.6 Å². The van der Waals surface area contributed by atoms with Gasteiger partial charge in [-0.2, -0.15) is 0 Å². The number of ether oxygens (including phenoxy) is 10. The number of benzene rings is 4. The minimum atomic E-state index is -1.20. The Morgan fingerprint density at radius 2 is 0.839 bits per heavy atom. The molecule has 2 N–H and O–H groups in total. The molecule has 0 fully saturated rings. The molecule has 4 unspecified atom stereocenters. The molecule has 4 aromatic carbocycles. The van der Waals surface area contributed by atoms with Crippen LogP contribution in [-0.4, -0.2) is 91.3 Å². The lowest BCUT2D eigenvalue weighted by atomic mass is 10.0. The maximum atomic E-state index is 13.5. The quantitative estimate of drug-likeness (QED) is 0.0226. The number of carbonyl (C=O) groups excluding carboxylic acids is 2. The van der Waals surface area contributed by atoms with Crippen molar-refractivity contribution in [3.8, 4) is 34.5 Å². The Morgan fingerprint density at radius 3 is 1.16 bits per heavy atom. The predicted octanol–water partition coefficient (Wildman–Crippen LogP) is 7.99. The normalized spacial score (nSPS) is 12.9. The summed E-state index contributed by atoms with van der Waals surface area (Å²) in [5.74, 6) is 1.12. The molecule has 0 aliphatic heterocycles. The van der Waals surface area contributed by atoms with E-state index in [4.69, 9.17) is 47.4 Å². The number of para-hydroxylation sites is 4. The van der Waals surface area contributed by atoms with Gasteiger partial charge in [-0.3, -0.25) is 10.6 Å². The van der Waals surface area contributed by atoms with Crippen LogP contribution in [0.2, 0.25) is 0 Å². The zero-order valence-corrected chi connectivity index (χ0v) is 36.9. The minimum Gasteiger partial charge on any atom is -0.497 e. The summed E-state index contributed by atoms with van der Waals surface area (Å²) in [5, 5.41) is 6.46. The molecule has 4 rings (SSSR count). The van der Waals surface area contributed by atoms with Crippen molar-refractivity contribution in [2.24, 2.45) is 0 Å². The maximum Gasteiger partial charge on any atom is 0.419 e. The summed E-state index contributed by atoms with van der Waals surface area (Å²) < 4.78 is 57.7. The first-order valence-electron chi connectivity index (χ1n) is 21.4. The van der Waals surface area contributed by atoms with Gasteiger partial charge in [0.05, 0.1) is 39.6 Å². The molecule has 338 valence electrons. The molecule has 0 radical (unpaired) electrons. The Bertz CT molecular complexity index is 1720. The zero-order chi connectivity index (χ0) is 44.4. The summed E-state index contributed by atoms with van der Waals surface area (Å²) in [5.41, 5.74) is 2.04. The first kappa shape index (κ1) is 49.1. The highest BCUT2D eigenvalue weighted by Crippen LogP contribution is 2.29. The predicted molar refractivity (Wildman–Crippen MR) is 235 cm³/mol. The number of carbonyl (C=O) groups is 2. The summed E-state index contributed by atoms with van der Waals surface area (Å²) in [4.78, 5) is 27.0. The van der Waals surface area contributed by atoms with Crippen LogP contribution in [0.3, 0.4) is 0 Å². The van der Waals surface area contributed by atoms with Crippen molar-refractivity contribution < 1.29 is 57.0 Å². The van der Waals surface area contributed by atoms with Crippen molar-refractivity contribution in [3.63, 3.8) is 0 Å². The summed E-state index contributed by atoms with van der Waals surface area (Å²) in [7, 11) is 3.26. The average molecular weight is 861 g/mol. The summed E-state index contributed by atoms with van der Waals surface area (Å²) in [6.45, 7) is 10.2. The first-order chi connectivity index (χ1) is 30.3. The highest BCUT2D eigenvalue weighted by atomic mass is 16.6. The largest absolute Gasteiger partial charge is 0.497 e. The third kappa shape index (κ3) is 16.7. The number of methoxy groups -OCH3 is 2. The molecule has 0 saturated carbocycles. The fourth-order valence-corrected chi connectivity index (χ4v) is 6.48. The fourth-order valence-electron chi connectivity index (χ4n) is 6.48. The van der Waals surface area contributed by atoms with Crippen LogP contribution in [0, 0.1) is 0 Å². The van der Waals surface area contributed by atoms with E-state index in [1.165, 1.54) is 0 Å². The second-order valence-electron chi connectivity index (χ2n) is 13.8. The van der Waals surface area contributed by atoms with Gasteiger partial charge in [-0.25, -0.2) is 9.59 Å². The van der Waals surface area contributed by atoms with E-state index in [0.29, 0.717) is 88.2 Å². The lowest BCUT2D eigenvalue weighted by molar-refractivity contribution is -0.177. The number of hydrogen-bond acceptors (Lipinski definition) is 14. The molecule has 14 heteroatoms. The molecule has 0 bridgehead atoms. The van der Waals surface area contributed by atoms with E-state index in [1.54, 1.807) is 38.5 Å². The maximum absolute atomic E-state index is 13.5. The second-order valence-corrected chi connectivity index (χ2v) is 13.8. The minimum absolute atomic E-state index is 0.120. The van der Waals surface area contributed by atoms with Crippen LogP contribution in [0.25, 0.3) is 0 Å². The molecule has 0 amide bonds. The third-order valence-electron chi connectivity index (χ3n) is 9.48. The number of nitrogens with one attached hydrogen (secondary N) is 2. The Kier molecular flexibility index (Phi) is 22.3. The van der Waals surface area contributed by atoms with Crippen molar-refractivity contribution in [1.82, 2.24) is 10.6 Å². The highest BCUT2D eigenvalue weighted by Gasteiger charge is 2.27. The van der Waals surface area contributed by atoms with Crippen molar-refractivity contribution in [1.29, 1.82) is 0 Å². The summed E-state index contributed by atoms with van der Waals surface area (Å²) in [6.07, 6.45) is 0.301. The highest BCUT2D eigenvalue weighted by molar-refractivity contribution is 6.29. The van der Waals surface area contributed by atoms with E-state index in [2.05, 4.69) is 10.6 Å². The van der Waals surface area contributed by atoms with Gasteiger partial charge >= 0.3 is 11.9 Å². The molecule has 4 aromatic rings. The average Bonchev–Trinajstić information content (AvgIpc) is 3.30. The van der Waals surface area contributed by atoms with Crippen molar-refractivity contribution in [2.75, 3.05) is 67.0 Å². The monoisotopic (exact) mass is 860 g/mol. The Morgan fingerprint density at radius 1 is 0.484 bits per heavy atom. The topological polar surface area (TPSA) is 150 Å². The van der Waals surface area contributed by atoms with Crippen LogP contribution in [-0.2, 0) is 28.5 Å². The number of esters is 2. The molecule has 0 saturated heterocycles. The van der Waals surface area contributed by atoms with E-state index in [-0.39, 0.29) is 25.4 Å². The van der Waals surface area contributed by atoms with E-state index < -0.39 is 24.4 Å². The van der Waals surface area contributed by atoms with Crippen LogP contribution in [0.5, 0.6) is 34.5 Å². The Balaban J connectivity index is 1.43. The van der Waals surface area contributed by atoms with Gasteiger partial charge in [0.25, 0.3) is 0 Å². The van der Waals surface area contributed by atoms with Gasteiger partial charge in [0.15, 0.2) is 35.5 Å². The van der Waals surface area contributed by atoms with Gasteiger partial charge in [-0.05, 0) is 126 Å². The van der Waals surface area contributed by atoms with Crippen LogP contribution in [0.1, 0.15) is 76.7 Å². The second kappa shape index (κ2) is 28.1. The third-order valence-corrected chi connectivity index (χ3v) is 9.48. The van der Waals surface area contributed by atoms with Crippen molar-refractivity contribution in [2.45, 2.75) is 78.0 Å². The molecule has 0 spiro atoms. The first-order valence-corrected chi connectivity index (χ1v) is 21.4. The van der Waals surface area contributed by atoms with E-state index >= 15 is 0 Å². The van der Waals surface area contributed by atoms with E-state index in [9.17, 15) is 9.59 Å². The Hall–Kier alpha value is -5.54. The molecule has 0 heterocycles. The molecular weight excluding hydrogens is 797 g/mol. The van der Waals surface area contributed by atoms with Gasteiger partial charge in [0.1, 0.15) is 24.7 Å². The van der Waals surface area contributed by atoms with Gasteiger partial charge in [-0.1, -0.05) is 48.5 Å². The lowest BCUT2D eigenvalue weighted by Gasteiger charge is -2.23. The molecule has 0 aromatic heterocycles. The van der Waals surface area contributed by atoms with Crippen LogP contribution in [0.15, 0.2) is 97.1 Å².